The fourth-order valence-corrected chi connectivity index (χ4v) is 2.13. The molecule has 0 radical (unpaired) electrons. The molecule has 1 saturated heterocycles. The zero-order chi connectivity index (χ0) is 11.0. The van der Waals surface area contributed by atoms with E-state index >= 15 is 0 Å². The van der Waals surface area contributed by atoms with Gasteiger partial charge in [0, 0.05) is 18.5 Å². The summed E-state index contributed by atoms with van der Waals surface area (Å²) in [6.07, 6.45) is 2.03. The molecular weight excluding hydrogens is 202 g/mol. The Morgan fingerprint density at radius 1 is 1.50 bits per heavy atom. The van der Waals surface area contributed by atoms with E-state index in [0.717, 1.165) is 30.6 Å². The van der Waals surface area contributed by atoms with Gasteiger partial charge in [0.1, 0.15) is 0 Å². The first-order valence-electron chi connectivity index (χ1n) is 5.56. The first kappa shape index (κ1) is 9.81. The van der Waals surface area contributed by atoms with E-state index in [4.69, 9.17) is 4.74 Å². The molecule has 1 aromatic heterocycles. The summed E-state index contributed by atoms with van der Waals surface area (Å²) in [5, 5.41) is 8.16. The van der Waals surface area contributed by atoms with Crippen LogP contribution >= 0.6 is 0 Å². The number of nitrogens with zero attached hydrogens (tertiary/aromatic N) is 2. The zero-order valence-corrected chi connectivity index (χ0v) is 9.31. The van der Waals surface area contributed by atoms with Crippen LogP contribution in [-0.2, 0) is 4.74 Å². The van der Waals surface area contributed by atoms with Gasteiger partial charge in [-0.2, -0.15) is 5.10 Å². The summed E-state index contributed by atoms with van der Waals surface area (Å²) in [6, 6.07) is 6.35. The highest BCUT2D eigenvalue weighted by Crippen LogP contribution is 2.24. The lowest BCUT2D eigenvalue weighted by atomic mass is 10.1. The standard InChI is InChI=1S/C12H15N3O/c1-15-4-5-16-12(8-15)9-2-3-10-7-13-14-11(10)6-9/h2-3,6-7,12H,4-5,8H2,1H3,(H,13,14). The van der Waals surface area contributed by atoms with E-state index < -0.39 is 0 Å². The van der Waals surface area contributed by atoms with E-state index in [1.54, 1.807) is 0 Å². The van der Waals surface area contributed by atoms with Crippen LogP contribution in [0.5, 0.6) is 0 Å². The summed E-state index contributed by atoms with van der Waals surface area (Å²) in [6.45, 7) is 2.78. The van der Waals surface area contributed by atoms with E-state index in [1.165, 1.54) is 5.56 Å². The van der Waals surface area contributed by atoms with Crippen molar-refractivity contribution in [3.05, 3.63) is 30.0 Å². The molecule has 1 fully saturated rings. The largest absolute Gasteiger partial charge is 0.371 e. The Bertz CT molecular complexity index is 494. The van der Waals surface area contributed by atoms with Gasteiger partial charge in [-0.3, -0.25) is 5.10 Å². The third kappa shape index (κ3) is 1.70. The molecule has 1 atom stereocenters. The molecule has 4 nitrogen and oxygen atoms in total. The molecular formula is C12H15N3O. The number of aromatic amines is 1. The van der Waals surface area contributed by atoms with Gasteiger partial charge >= 0.3 is 0 Å². The highest BCUT2D eigenvalue weighted by atomic mass is 16.5. The molecule has 2 heterocycles. The van der Waals surface area contributed by atoms with Gasteiger partial charge in [-0.15, -0.1) is 0 Å². The summed E-state index contributed by atoms with van der Waals surface area (Å²) in [5.41, 5.74) is 2.30. The second kappa shape index (κ2) is 3.88. The van der Waals surface area contributed by atoms with Crippen LogP contribution in [0.15, 0.2) is 24.4 Å². The Morgan fingerprint density at radius 2 is 2.44 bits per heavy atom. The van der Waals surface area contributed by atoms with Gasteiger partial charge in [0.2, 0.25) is 0 Å². The Morgan fingerprint density at radius 3 is 3.31 bits per heavy atom. The lowest BCUT2D eigenvalue weighted by Gasteiger charge is -2.30. The molecule has 0 saturated carbocycles. The maximum Gasteiger partial charge on any atom is 0.0953 e. The SMILES string of the molecule is CN1CCOC(c2ccc3cn[nH]c3c2)C1. The second-order valence-electron chi connectivity index (χ2n) is 4.34. The molecule has 16 heavy (non-hydrogen) atoms. The number of benzene rings is 1. The van der Waals surface area contributed by atoms with Crippen LogP contribution < -0.4 is 0 Å². The highest BCUT2D eigenvalue weighted by molar-refractivity contribution is 5.78. The van der Waals surface area contributed by atoms with Gasteiger partial charge in [0.05, 0.1) is 24.4 Å². The summed E-state index contributed by atoms with van der Waals surface area (Å²) in [4.78, 5) is 2.30. The topological polar surface area (TPSA) is 41.1 Å². The van der Waals surface area contributed by atoms with E-state index in [1.807, 2.05) is 6.20 Å². The van der Waals surface area contributed by atoms with Crippen LogP contribution in [0.3, 0.4) is 0 Å². The summed E-state index contributed by atoms with van der Waals surface area (Å²) < 4.78 is 5.78. The van der Waals surface area contributed by atoms with Crippen molar-refractivity contribution in [3.63, 3.8) is 0 Å². The van der Waals surface area contributed by atoms with Crippen LogP contribution in [0, 0.1) is 0 Å². The molecule has 1 aliphatic heterocycles. The summed E-state index contributed by atoms with van der Waals surface area (Å²) in [5.74, 6) is 0. The van der Waals surface area contributed by atoms with Crippen LogP contribution in [0.4, 0.5) is 0 Å². The maximum absolute atomic E-state index is 5.78. The monoisotopic (exact) mass is 217 g/mol. The molecule has 3 rings (SSSR count). The molecule has 0 aliphatic carbocycles. The Hall–Kier alpha value is -1.39. The quantitative estimate of drug-likeness (QED) is 0.788. The van der Waals surface area contributed by atoms with E-state index in [9.17, 15) is 0 Å². The number of rotatable bonds is 1. The predicted molar refractivity (Wildman–Crippen MR) is 62.3 cm³/mol. The second-order valence-corrected chi connectivity index (χ2v) is 4.34. The first-order chi connectivity index (χ1) is 7.83. The van der Waals surface area contributed by atoms with Crippen molar-refractivity contribution in [1.29, 1.82) is 0 Å². The summed E-state index contributed by atoms with van der Waals surface area (Å²) in [7, 11) is 2.13. The third-order valence-corrected chi connectivity index (χ3v) is 3.11. The van der Waals surface area contributed by atoms with Crippen LogP contribution in [0.2, 0.25) is 0 Å². The maximum atomic E-state index is 5.78. The van der Waals surface area contributed by atoms with Crippen molar-refractivity contribution in [3.8, 4) is 0 Å². The predicted octanol–water partition coefficient (Wildman–Crippen LogP) is 1.57. The molecule has 1 aliphatic rings. The Kier molecular flexibility index (Phi) is 2.38. The normalized spacial score (nSPS) is 22.7. The lowest BCUT2D eigenvalue weighted by molar-refractivity contribution is -0.0208. The lowest BCUT2D eigenvalue weighted by Crippen LogP contribution is -2.35. The molecule has 0 bridgehead atoms. The van der Waals surface area contributed by atoms with Crippen molar-refractivity contribution in [2.24, 2.45) is 0 Å². The number of nitrogens with one attached hydrogen (secondary N) is 1. The highest BCUT2D eigenvalue weighted by Gasteiger charge is 2.19. The number of H-pyrrole nitrogens is 1. The van der Waals surface area contributed by atoms with Crippen molar-refractivity contribution < 1.29 is 4.74 Å². The average molecular weight is 217 g/mol. The Labute approximate surface area is 94.2 Å². The van der Waals surface area contributed by atoms with Crippen LogP contribution in [0.1, 0.15) is 11.7 Å². The van der Waals surface area contributed by atoms with Crippen LogP contribution in [0.25, 0.3) is 10.9 Å². The zero-order valence-electron chi connectivity index (χ0n) is 9.31. The van der Waals surface area contributed by atoms with Crippen molar-refractivity contribution in [2.75, 3.05) is 26.7 Å². The summed E-state index contributed by atoms with van der Waals surface area (Å²) >= 11 is 0. The van der Waals surface area contributed by atoms with Gasteiger partial charge in [0.25, 0.3) is 0 Å². The molecule has 2 aromatic rings. The number of fused-ring (bicyclic) bond motifs is 1. The van der Waals surface area contributed by atoms with E-state index in [0.29, 0.717) is 0 Å². The minimum atomic E-state index is 0.187. The smallest absolute Gasteiger partial charge is 0.0953 e. The fourth-order valence-electron chi connectivity index (χ4n) is 2.13. The van der Waals surface area contributed by atoms with Crippen molar-refractivity contribution in [2.45, 2.75) is 6.10 Å². The van der Waals surface area contributed by atoms with E-state index in [-0.39, 0.29) is 6.10 Å². The van der Waals surface area contributed by atoms with Gasteiger partial charge in [-0.1, -0.05) is 12.1 Å². The first-order valence-corrected chi connectivity index (χ1v) is 5.56. The average Bonchev–Trinajstić information content (AvgIpc) is 2.75. The fraction of sp³-hybridized carbons (Fsp3) is 0.417. The van der Waals surface area contributed by atoms with Gasteiger partial charge in [0.15, 0.2) is 0 Å². The van der Waals surface area contributed by atoms with Crippen molar-refractivity contribution in [1.82, 2.24) is 15.1 Å². The number of aromatic nitrogens is 2. The van der Waals surface area contributed by atoms with Gasteiger partial charge < -0.3 is 9.64 Å². The van der Waals surface area contributed by atoms with Gasteiger partial charge in [-0.05, 0) is 18.7 Å². The number of likely N-dealkylation sites (N-methyl/N-ethyl adjacent to an activating group) is 1. The molecule has 0 amide bonds. The van der Waals surface area contributed by atoms with Crippen LogP contribution in [-0.4, -0.2) is 41.8 Å². The molecule has 84 valence electrons. The number of hydrogen-bond donors (Lipinski definition) is 1. The molecule has 4 heteroatoms. The minimum Gasteiger partial charge on any atom is -0.371 e. The molecule has 1 aromatic carbocycles. The third-order valence-electron chi connectivity index (χ3n) is 3.11. The molecule has 0 spiro atoms. The molecule has 1 N–H and O–H groups in total. The van der Waals surface area contributed by atoms with Crippen molar-refractivity contribution >= 4 is 10.9 Å². The number of morpholine rings is 1. The van der Waals surface area contributed by atoms with E-state index in [2.05, 4.69) is 40.3 Å². The molecule has 1 unspecified atom stereocenters. The Balaban J connectivity index is 1.92. The van der Waals surface area contributed by atoms with Gasteiger partial charge in [-0.25, -0.2) is 0 Å². The number of ether oxygens (including phenoxy) is 1. The number of hydrogen-bond acceptors (Lipinski definition) is 3. The minimum absolute atomic E-state index is 0.187.